The van der Waals surface area contributed by atoms with Crippen LogP contribution in [-0.2, 0) is 6.42 Å². The van der Waals surface area contributed by atoms with E-state index in [9.17, 15) is 0 Å². The van der Waals surface area contributed by atoms with Gasteiger partial charge in [0.15, 0.2) is 5.82 Å². The number of fused-ring (bicyclic) bond motifs is 18. The van der Waals surface area contributed by atoms with Gasteiger partial charge >= 0.3 is 0 Å². The number of nitrogens with zero attached hydrogens (tertiary/aromatic N) is 4. The summed E-state index contributed by atoms with van der Waals surface area (Å²) in [6, 6.07) is 64.0. The minimum atomic E-state index is 0.793. The summed E-state index contributed by atoms with van der Waals surface area (Å²) in [5.41, 5.74) is 19.9. The van der Waals surface area contributed by atoms with Crippen molar-refractivity contribution in [2.24, 2.45) is 0 Å². The second-order valence-corrected chi connectivity index (χ2v) is 15.3. The number of para-hydroxylation sites is 2. The van der Waals surface area contributed by atoms with Gasteiger partial charge in [0.1, 0.15) is 0 Å². The molecule has 0 N–H and O–H groups in total. The lowest BCUT2D eigenvalue weighted by molar-refractivity contribution is 1.05. The Morgan fingerprint density at radius 3 is 1.53 bits per heavy atom. The minimum absolute atomic E-state index is 0.793. The second-order valence-electron chi connectivity index (χ2n) is 15.3. The third kappa shape index (κ3) is 4.21. The van der Waals surface area contributed by atoms with Crippen molar-refractivity contribution in [3.63, 3.8) is 0 Å². The van der Waals surface area contributed by atoms with Crippen molar-refractivity contribution in [3.05, 3.63) is 193 Å². The van der Waals surface area contributed by atoms with Gasteiger partial charge in [-0.05, 0) is 87.3 Å². The summed E-state index contributed by atoms with van der Waals surface area (Å²) in [6.07, 6.45) is 2.95. The Labute approximate surface area is 328 Å². The molecule has 3 aromatic heterocycles. The van der Waals surface area contributed by atoms with E-state index >= 15 is 0 Å². The van der Waals surface area contributed by atoms with Crippen LogP contribution in [0.15, 0.2) is 182 Å². The molecule has 0 saturated carbocycles. The fraction of sp³-hybridized carbons (Fsp3) is 0.0189. The van der Waals surface area contributed by atoms with E-state index in [-0.39, 0.29) is 0 Å². The Kier molecular flexibility index (Phi) is 6.19. The third-order valence-corrected chi connectivity index (χ3v) is 12.4. The SMILES string of the molecule is c1ccc2c(c1)Cc1ccc(-n3c4ccccc4c4c5c6ccccc6n(-c6cnc7c(n6)-c6ccccc6-c6ccccc6-c6ccccc6-7)c5ccc43)cc1-2. The summed E-state index contributed by atoms with van der Waals surface area (Å²) in [7, 11) is 0. The first-order chi connectivity index (χ1) is 28.3. The lowest BCUT2D eigenvalue weighted by atomic mass is 9.84. The molecule has 0 unspecified atom stereocenters. The van der Waals surface area contributed by atoms with Gasteiger partial charge in [0.2, 0.25) is 0 Å². The number of benzene rings is 8. The molecule has 4 heteroatoms. The molecule has 3 heterocycles. The highest BCUT2D eigenvalue weighted by Gasteiger charge is 2.26. The molecule has 0 saturated heterocycles. The Morgan fingerprint density at radius 1 is 0.368 bits per heavy atom. The van der Waals surface area contributed by atoms with Gasteiger partial charge in [-0.2, -0.15) is 0 Å². The van der Waals surface area contributed by atoms with Crippen LogP contribution in [0.5, 0.6) is 0 Å². The van der Waals surface area contributed by atoms with Crippen LogP contribution in [0.1, 0.15) is 11.1 Å². The average molecular weight is 725 g/mol. The summed E-state index contributed by atoms with van der Waals surface area (Å²) < 4.78 is 4.77. The highest BCUT2D eigenvalue weighted by Crippen LogP contribution is 2.48. The fourth-order valence-corrected chi connectivity index (χ4v) is 9.97. The smallest absolute Gasteiger partial charge is 0.156 e. The lowest BCUT2D eigenvalue weighted by Crippen LogP contribution is -2.05. The van der Waals surface area contributed by atoms with Gasteiger partial charge in [-0.15, -0.1) is 0 Å². The first-order valence-electron chi connectivity index (χ1n) is 19.6. The molecular formula is C53H32N4. The molecule has 0 fully saturated rings. The normalized spacial score (nSPS) is 12.5. The second kappa shape index (κ2) is 11.5. The zero-order valence-electron chi connectivity index (χ0n) is 30.8. The lowest BCUT2D eigenvalue weighted by Gasteiger charge is -2.22. The molecular weight excluding hydrogens is 693 g/mol. The number of hydrogen-bond donors (Lipinski definition) is 0. The molecule has 0 atom stereocenters. The van der Waals surface area contributed by atoms with Crippen molar-refractivity contribution in [3.8, 4) is 67.4 Å². The van der Waals surface area contributed by atoms with Gasteiger partial charge in [-0.1, -0.05) is 140 Å². The summed E-state index contributed by atoms with van der Waals surface area (Å²) in [6.45, 7) is 0. The van der Waals surface area contributed by atoms with Gasteiger partial charge in [0.05, 0.1) is 39.7 Å². The Balaban J connectivity index is 1.09. The van der Waals surface area contributed by atoms with Crippen LogP contribution in [0.4, 0.5) is 0 Å². The molecule has 0 radical (unpaired) electrons. The van der Waals surface area contributed by atoms with Crippen molar-refractivity contribution in [1.82, 2.24) is 19.1 Å². The molecule has 264 valence electrons. The standard InChI is InChI=1S/C53H32N4/c1-2-14-35-32(13-1)29-33-25-26-34(30-44(33)35)56-45-23-11-9-21-42(45)50-47(56)27-28-48-51(50)43-22-10-12-24-46(43)57(48)49-31-54-52-40-19-7-5-17-38(40)36-15-3-4-16-37(36)39-18-6-8-20-41(39)53(52)55-49/h1-28,30-31H,29H2. The van der Waals surface area contributed by atoms with E-state index < -0.39 is 0 Å². The first-order valence-corrected chi connectivity index (χ1v) is 19.6. The summed E-state index contributed by atoms with van der Waals surface area (Å²) in [4.78, 5) is 10.9. The van der Waals surface area contributed by atoms with E-state index in [4.69, 9.17) is 9.97 Å². The van der Waals surface area contributed by atoms with Gasteiger partial charge in [0.25, 0.3) is 0 Å². The maximum atomic E-state index is 5.61. The summed E-state index contributed by atoms with van der Waals surface area (Å²) in [5, 5.41) is 4.89. The Bertz CT molecular complexity index is 3500. The van der Waals surface area contributed by atoms with E-state index in [1.807, 2.05) is 6.20 Å². The fourth-order valence-electron chi connectivity index (χ4n) is 9.97. The van der Waals surface area contributed by atoms with Crippen LogP contribution in [0.25, 0.3) is 111 Å². The van der Waals surface area contributed by atoms with Gasteiger partial charge < -0.3 is 4.57 Å². The highest BCUT2D eigenvalue weighted by molar-refractivity contribution is 6.29. The van der Waals surface area contributed by atoms with Crippen molar-refractivity contribution < 1.29 is 0 Å². The van der Waals surface area contributed by atoms with Crippen LogP contribution in [0, 0.1) is 0 Å². The van der Waals surface area contributed by atoms with Crippen molar-refractivity contribution in [2.45, 2.75) is 6.42 Å². The molecule has 0 amide bonds. The van der Waals surface area contributed by atoms with Crippen LogP contribution in [-0.4, -0.2) is 19.1 Å². The number of rotatable bonds is 2. The molecule has 8 aromatic carbocycles. The van der Waals surface area contributed by atoms with Crippen LogP contribution in [0.2, 0.25) is 0 Å². The Morgan fingerprint density at radius 2 is 0.860 bits per heavy atom. The monoisotopic (exact) mass is 724 g/mol. The topological polar surface area (TPSA) is 35.6 Å². The number of aromatic nitrogens is 4. The molecule has 57 heavy (non-hydrogen) atoms. The maximum Gasteiger partial charge on any atom is 0.156 e. The average Bonchev–Trinajstić information content (AvgIpc) is 3.93. The van der Waals surface area contributed by atoms with E-state index in [2.05, 4.69) is 185 Å². The van der Waals surface area contributed by atoms with Crippen molar-refractivity contribution in [1.29, 1.82) is 0 Å². The quantitative estimate of drug-likeness (QED) is 0.178. The van der Waals surface area contributed by atoms with Crippen molar-refractivity contribution >= 4 is 43.6 Å². The molecule has 0 bridgehead atoms. The van der Waals surface area contributed by atoms with Gasteiger partial charge in [-0.3, -0.25) is 9.55 Å². The maximum absolute atomic E-state index is 5.61. The third-order valence-electron chi connectivity index (χ3n) is 12.4. The largest absolute Gasteiger partial charge is 0.309 e. The zero-order chi connectivity index (χ0) is 37.2. The molecule has 0 spiro atoms. The van der Waals surface area contributed by atoms with Crippen LogP contribution < -0.4 is 0 Å². The van der Waals surface area contributed by atoms with Crippen LogP contribution in [0.3, 0.4) is 0 Å². The van der Waals surface area contributed by atoms with E-state index in [1.165, 1.54) is 71.6 Å². The first kappa shape index (κ1) is 30.7. The zero-order valence-corrected chi connectivity index (χ0v) is 30.8. The van der Waals surface area contributed by atoms with Crippen molar-refractivity contribution in [2.75, 3.05) is 0 Å². The molecule has 4 nitrogen and oxygen atoms in total. The molecule has 11 aromatic rings. The predicted molar refractivity (Wildman–Crippen MR) is 234 cm³/mol. The van der Waals surface area contributed by atoms with Gasteiger partial charge in [-0.25, -0.2) is 4.98 Å². The molecule has 2 aliphatic rings. The summed E-state index contributed by atoms with van der Waals surface area (Å²) >= 11 is 0. The highest BCUT2D eigenvalue weighted by atomic mass is 15.1. The molecule has 2 aliphatic carbocycles. The van der Waals surface area contributed by atoms with Gasteiger partial charge in [0, 0.05) is 38.4 Å². The van der Waals surface area contributed by atoms with E-state index in [1.54, 1.807) is 0 Å². The van der Waals surface area contributed by atoms with E-state index in [0.29, 0.717) is 0 Å². The number of hydrogen-bond acceptors (Lipinski definition) is 2. The van der Waals surface area contributed by atoms with Crippen LogP contribution >= 0.6 is 0 Å². The predicted octanol–water partition coefficient (Wildman–Crippen LogP) is 13.2. The minimum Gasteiger partial charge on any atom is -0.309 e. The molecule has 0 aliphatic heterocycles. The summed E-state index contributed by atoms with van der Waals surface area (Å²) in [5.74, 6) is 0.793. The molecule has 13 rings (SSSR count). The Hall–Kier alpha value is -7.56. The van der Waals surface area contributed by atoms with E-state index in [0.717, 1.165) is 56.9 Å².